The summed E-state index contributed by atoms with van der Waals surface area (Å²) in [4.78, 5) is 12.1. The van der Waals surface area contributed by atoms with Gasteiger partial charge in [-0.3, -0.25) is 4.79 Å². The van der Waals surface area contributed by atoms with Crippen molar-refractivity contribution in [1.82, 2.24) is 5.32 Å². The predicted molar refractivity (Wildman–Crippen MR) is 88.5 cm³/mol. The number of amides is 1. The predicted octanol–water partition coefficient (Wildman–Crippen LogP) is 3.31. The molecule has 0 aliphatic carbocycles. The fourth-order valence-electron chi connectivity index (χ4n) is 2.59. The molecule has 0 radical (unpaired) electrons. The van der Waals surface area contributed by atoms with Gasteiger partial charge in [0.1, 0.15) is 18.2 Å². The minimum Gasteiger partial charge on any atom is -0.491 e. The van der Waals surface area contributed by atoms with Crippen LogP contribution < -0.4 is 10.1 Å². The van der Waals surface area contributed by atoms with Gasteiger partial charge in [0.15, 0.2) is 0 Å². The summed E-state index contributed by atoms with van der Waals surface area (Å²) < 4.78 is 24.7. The summed E-state index contributed by atoms with van der Waals surface area (Å²) in [6.07, 6.45) is 2.26. The van der Waals surface area contributed by atoms with E-state index in [1.165, 1.54) is 6.07 Å². The van der Waals surface area contributed by atoms with E-state index in [1.807, 2.05) is 0 Å². The normalized spacial score (nSPS) is 16.8. The molecule has 0 aromatic heterocycles. The topological polar surface area (TPSA) is 47.6 Å². The number of carbonyl (C=O) groups excluding carboxylic acids is 1. The second kappa shape index (κ2) is 7.93. The van der Waals surface area contributed by atoms with Crippen molar-refractivity contribution in [1.29, 1.82) is 0 Å². The van der Waals surface area contributed by atoms with Crippen molar-refractivity contribution in [2.75, 3.05) is 13.2 Å². The van der Waals surface area contributed by atoms with E-state index in [1.54, 1.807) is 42.5 Å². The molecule has 126 valence electrons. The first-order valence-corrected chi connectivity index (χ1v) is 8.08. The molecule has 0 unspecified atom stereocenters. The maximum atomic E-state index is 13.5. The molecule has 1 atom stereocenters. The SMILES string of the molecule is O=C(NCc1ccccc1F)c1ccc(OC[C@@H]2CCCO2)cc1. The van der Waals surface area contributed by atoms with Crippen LogP contribution in [0.2, 0.25) is 0 Å². The smallest absolute Gasteiger partial charge is 0.251 e. The number of nitrogens with one attached hydrogen (secondary N) is 1. The minimum atomic E-state index is -0.323. The van der Waals surface area contributed by atoms with Crippen molar-refractivity contribution in [3.05, 3.63) is 65.5 Å². The van der Waals surface area contributed by atoms with Crippen LogP contribution in [0.15, 0.2) is 48.5 Å². The summed E-state index contributed by atoms with van der Waals surface area (Å²) in [6.45, 7) is 1.48. The molecule has 2 aromatic rings. The number of hydrogen-bond donors (Lipinski definition) is 1. The lowest BCUT2D eigenvalue weighted by Gasteiger charge is -2.12. The van der Waals surface area contributed by atoms with E-state index < -0.39 is 0 Å². The summed E-state index contributed by atoms with van der Waals surface area (Å²) in [7, 11) is 0. The monoisotopic (exact) mass is 329 g/mol. The molecule has 5 heteroatoms. The molecule has 0 saturated carbocycles. The van der Waals surface area contributed by atoms with Gasteiger partial charge < -0.3 is 14.8 Å². The van der Waals surface area contributed by atoms with Gasteiger partial charge in [-0.2, -0.15) is 0 Å². The highest BCUT2D eigenvalue weighted by Gasteiger charge is 2.16. The Balaban J connectivity index is 1.50. The van der Waals surface area contributed by atoms with Crippen molar-refractivity contribution in [3.63, 3.8) is 0 Å². The van der Waals surface area contributed by atoms with Crippen molar-refractivity contribution in [2.45, 2.75) is 25.5 Å². The van der Waals surface area contributed by atoms with Gasteiger partial charge in [0, 0.05) is 24.3 Å². The zero-order valence-electron chi connectivity index (χ0n) is 13.3. The summed E-state index contributed by atoms with van der Waals surface area (Å²) in [5, 5.41) is 2.71. The van der Waals surface area contributed by atoms with Gasteiger partial charge in [0.2, 0.25) is 0 Å². The van der Waals surface area contributed by atoms with E-state index in [0.717, 1.165) is 19.4 Å². The molecule has 24 heavy (non-hydrogen) atoms. The molecular weight excluding hydrogens is 309 g/mol. The molecule has 4 nitrogen and oxygen atoms in total. The molecule has 1 saturated heterocycles. The van der Waals surface area contributed by atoms with Crippen molar-refractivity contribution in [3.8, 4) is 5.75 Å². The highest BCUT2D eigenvalue weighted by atomic mass is 19.1. The third-order valence-electron chi connectivity index (χ3n) is 3.97. The average Bonchev–Trinajstić information content (AvgIpc) is 3.13. The van der Waals surface area contributed by atoms with Crippen LogP contribution in [0.1, 0.15) is 28.8 Å². The first-order chi connectivity index (χ1) is 11.7. The van der Waals surface area contributed by atoms with E-state index >= 15 is 0 Å². The fourth-order valence-corrected chi connectivity index (χ4v) is 2.59. The summed E-state index contributed by atoms with van der Waals surface area (Å²) in [5.41, 5.74) is 0.971. The van der Waals surface area contributed by atoms with Crippen molar-refractivity contribution in [2.24, 2.45) is 0 Å². The van der Waals surface area contributed by atoms with Gasteiger partial charge in [-0.25, -0.2) is 4.39 Å². The van der Waals surface area contributed by atoms with E-state index in [-0.39, 0.29) is 24.4 Å². The standard InChI is InChI=1S/C19H20FNO3/c20-18-6-2-1-4-15(18)12-21-19(22)14-7-9-16(10-8-14)24-13-17-5-3-11-23-17/h1-2,4,6-10,17H,3,5,11-13H2,(H,21,22)/t17-/m0/s1. The molecule has 0 bridgehead atoms. The molecule has 1 heterocycles. The molecule has 2 aromatic carbocycles. The van der Waals surface area contributed by atoms with Crippen LogP contribution in [0.5, 0.6) is 5.75 Å². The summed E-state index contributed by atoms with van der Waals surface area (Å²) in [6, 6.07) is 13.3. The largest absolute Gasteiger partial charge is 0.491 e. The average molecular weight is 329 g/mol. The third-order valence-corrected chi connectivity index (χ3v) is 3.97. The second-order valence-corrected chi connectivity index (χ2v) is 5.74. The van der Waals surface area contributed by atoms with Crippen LogP contribution in [0.4, 0.5) is 4.39 Å². The lowest BCUT2D eigenvalue weighted by Crippen LogP contribution is -2.23. The quantitative estimate of drug-likeness (QED) is 0.884. The Hall–Kier alpha value is -2.40. The fraction of sp³-hybridized carbons (Fsp3) is 0.316. The molecule has 1 aliphatic rings. The number of rotatable bonds is 6. The van der Waals surface area contributed by atoms with Gasteiger partial charge in [-0.15, -0.1) is 0 Å². The summed E-state index contributed by atoms with van der Waals surface area (Å²) in [5.74, 6) is 0.135. The number of carbonyl (C=O) groups is 1. The number of halogens is 1. The van der Waals surface area contributed by atoms with Crippen LogP contribution in [0.3, 0.4) is 0 Å². The molecule has 1 aliphatic heterocycles. The number of hydrogen-bond acceptors (Lipinski definition) is 3. The third kappa shape index (κ3) is 4.32. The van der Waals surface area contributed by atoms with Gasteiger partial charge >= 0.3 is 0 Å². The Bertz CT molecular complexity index is 681. The second-order valence-electron chi connectivity index (χ2n) is 5.74. The first kappa shape index (κ1) is 16.5. The Morgan fingerprint density at radius 1 is 1.21 bits per heavy atom. The van der Waals surface area contributed by atoms with Gasteiger partial charge in [-0.1, -0.05) is 18.2 Å². The Labute approximate surface area is 140 Å². The van der Waals surface area contributed by atoms with E-state index in [0.29, 0.717) is 23.5 Å². The van der Waals surface area contributed by atoms with Crippen LogP contribution in [0, 0.1) is 5.82 Å². The molecule has 1 fully saturated rings. The molecule has 0 spiro atoms. The molecule has 1 amide bonds. The first-order valence-electron chi connectivity index (χ1n) is 8.08. The lowest BCUT2D eigenvalue weighted by atomic mass is 10.2. The highest BCUT2D eigenvalue weighted by molar-refractivity contribution is 5.94. The van der Waals surface area contributed by atoms with Gasteiger partial charge in [0.05, 0.1) is 6.10 Å². The Kier molecular flexibility index (Phi) is 5.43. The van der Waals surface area contributed by atoms with Gasteiger partial charge in [-0.05, 0) is 43.2 Å². The summed E-state index contributed by atoms with van der Waals surface area (Å²) >= 11 is 0. The minimum absolute atomic E-state index is 0.156. The van der Waals surface area contributed by atoms with Crippen LogP contribution in [-0.2, 0) is 11.3 Å². The van der Waals surface area contributed by atoms with Crippen LogP contribution in [-0.4, -0.2) is 25.2 Å². The molecule has 1 N–H and O–H groups in total. The van der Waals surface area contributed by atoms with Crippen LogP contribution in [0.25, 0.3) is 0 Å². The number of benzene rings is 2. The molecular formula is C19H20FNO3. The van der Waals surface area contributed by atoms with Crippen molar-refractivity contribution >= 4 is 5.91 Å². The Morgan fingerprint density at radius 3 is 2.71 bits per heavy atom. The maximum absolute atomic E-state index is 13.5. The van der Waals surface area contributed by atoms with Crippen molar-refractivity contribution < 1.29 is 18.7 Å². The lowest BCUT2D eigenvalue weighted by molar-refractivity contribution is 0.0679. The molecule has 3 rings (SSSR count). The highest BCUT2D eigenvalue weighted by Crippen LogP contribution is 2.16. The zero-order chi connectivity index (χ0) is 16.8. The number of ether oxygens (including phenoxy) is 2. The van der Waals surface area contributed by atoms with E-state index in [4.69, 9.17) is 9.47 Å². The van der Waals surface area contributed by atoms with Crippen LogP contribution >= 0.6 is 0 Å². The van der Waals surface area contributed by atoms with E-state index in [9.17, 15) is 9.18 Å². The Morgan fingerprint density at radius 2 is 2.00 bits per heavy atom. The maximum Gasteiger partial charge on any atom is 0.251 e. The zero-order valence-corrected chi connectivity index (χ0v) is 13.3. The van der Waals surface area contributed by atoms with E-state index in [2.05, 4.69) is 5.32 Å². The van der Waals surface area contributed by atoms with Gasteiger partial charge in [0.25, 0.3) is 5.91 Å².